The molecule has 3 aromatic heterocycles. The molecule has 38 heavy (non-hydrogen) atoms. The van der Waals surface area contributed by atoms with E-state index in [0.717, 1.165) is 24.6 Å². The highest BCUT2D eigenvalue weighted by Crippen LogP contribution is 2.42. The van der Waals surface area contributed by atoms with E-state index in [1.165, 1.54) is 6.20 Å². The van der Waals surface area contributed by atoms with Gasteiger partial charge >= 0.3 is 0 Å². The zero-order valence-electron chi connectivity index (χ0n) is 20.5. The van der Waals surface area contributed by atoms with Crippen molar-refractivity contribution in [1.29, 1.82) is 10.7 Å². The number of nitrogens with one attached hydrogen (secondary N) is 3. The highest BCUT2D eigenvalue weighted by Gasteiger charge is 2.33. The molecule has 0 saturated heterocycles. The van der Waals surface area contributed by atoms with Gasteiger partial charge < -0.3 is 29.9 Å². The average Bonchev–Trinajstić information content (AvgIpc) is 3.70. The number of imidazole rings is 1. The van der Waals surface area contributed by atoms with Crippen molar-refractivity contribution in [3.63, 3.8) is 0 Å². The Hall–Kier alpha value is -4.43. The van der Waals surface area contributed by atoms with E-state index < -0.39 is 0 Å². The van der Waals surface area contributed by atoms with Crippen molar-refractivity contribution >= 4 is 46.8 Å². The van der Waals surface area contributed by atoms with E-state index in [1.807, 2.05) is 12.3 Å². The van der Waals surface area contributed by atoms with Gasteiger partial charge in [-0.1, -0.05) is 11.6 Å². The van der Waals surface area contributed by atoms with Gasteiger partial charge in [0.1, 0.15) is 21.9 Å². The summed E-state index contributed by atoms with van der Waals surface area (Å²) in [5.74, 6) is 1.32. The fourth-order valence-corrected chi connectivity index (χ4v) is 5.00. The molecule has 0 unspecified atom stereocenters. The molecule has 2 saturated carbocycles. The van der Waals surface area contributed by atoms with Gasteiger partial charge in [0.2, 0.25) is 5.95 Å². The van der Waals surface area contributed by atoms with E-state index >= 15 is 0 Å². The molecule has 2 fully saturated rings. The van der Waals surface area contributed by atoms with E-state index in [4.69, 9.17) is 21.7 Å². The van der Waals surface area contributed by atoms with Crippen molar-refractivity contribution in [2.75, 3.05) is 5.32 Å². The maximum absolute atomic E-state index is 13.4. The fourth-order valence-electron chi connectivity index (χ4n) is 4.70. The zero-order valence-corrected chi connectivity index (χ0v) is 21.2. The minimum absolute atomic E-state index is 0.00109. The van der Waals surface area contributed by atoms with Crippen LogP contribution in [0.5, 0.6) is 5.75 Å². The Morgan fingerprint density at radius 3 is 2.89 bits per heavy atom. The number of aryl methyl sites for hydroxylation is 1. The molecule has 0 aromatic carbocycles. The number of pyridine rings is 2. The van der Waals surface area contributed by atoms with Crippen LogP contribution in [0.25, 0.3) is 11.2 Å². The maximum Gasteiger partial charge on any atom is 0.274 e. The van der Waals surface area contributed by atoms with Gasteiger partial charge in [-0.2, -0.15) is 10.2 Å². The molecule has 0 radical (unpaired) electrons. The number of halogens is 1. The topological polar surface area (TPSA) is 146 Å². The van der Waals surface area contributed by atoms with Crippen LogP contribution in [-0.2, 0) is 7.05 Å². The number of nitrogens with zero attached hydrogens (tertiary/aromatic N) is 6. The summed E-state index contributed by atoms with van der Waals surface area (Å²) in [4.78, 5) is 26.4. The van der Waals surface area contributed by atoms with Crippen LogP contribution in [0.15, 0.2) is 52.1 Å². The second-order valence-corrected chi connectivity index (χ2v) is 9.99. The van der Waals surface area contributed by atoms with Crippen LogP contribution in [0.3, 0.4) is 0 Å². The van der Waals surface area contributed by atoms with Crippen molar-refractivity contribution in [3.8, 4) is 11.8 Å². The van der Waals surface area contributed by atoms with Crippen LogP contribution < -0.4 is 20.9 Å². The van der Waals surface area contributed by atoms with Gasteiger partial charge in [-0.05, 0) is 43.2 Å². The molecular weight excluding hydrogens is 506 g/mol. The summed E-state index contributed by atoms with van der Waals surface area (Å²) in [6, 6.07) is 4.21. The molecule has 0 amide bonds. The lowest BCUT2D eigenvalue weighted by Crippen LogP contribution is -2.34. The number of hydrogen-bond acceptors (Lipinski definition) is 9. The monoisotopic (exact) mass is 529 g/mol. The molecule has 12 heteroatoms. The summed E-state index contributed by atoms with van der Waals surface area (Å²) in [5.41, 5.74) is 2.79. The molecule has 0 spiro atoms. The number of ether oxygens (including phenoxy) is 1. The number of allylic oxidation sites excluding steroid dienone is 2. The molecule has 0 bridgehead atoms. The SMILES string of the molecule is Cn1c(Nc2cc(C3CC3)cn([C@H]3C[C@H](C#N)C3)c2=O)nc2ncc(O/C(C=N)=C3\C=NC=CN3)c(Cl)c21. The summed E-state index contributed by atoms with van der Waals surface area (Å²) in [6.45, 7) is 0. The highest BCUT2D eigenvalue weighted by molar-refractivity contribution is 6.36. The van der Waals surface area contributed by atoms with E-state index in [2.05, 4.69) is 31.7 Å². The molecule has 0 atom stereocenters. The Balaban J connectivity index is 1.34. The molecule has 192 valence electrons. The van der Waals surface area contributed by atoms with Crippen LogP contribution in [-0.4, -0.2) is 31.5 Å². The molecule has 3 aliphatic rings. The van der Waals surface area contributed by atoms with Crippen molar-refractivity contribution in [2.45, 2.75) is 37.6 Å². The molecular formula is C26H24ClN9O2. The molecule has 6 rings (SSSR count). The Morgan fingerprint density at radius 2 is 2.21 bits per heavy atom. The lowest BCUT2D eigenvalue weighted by Gasteiger charge is -2.32. The summed E-state index contributed by atoms with van der Waals surface area (Å²) in [5, 5.41) is 23.4. The van der Waals surface area contributed by atoms with Gasteiger partial charge in [0.05, 0.1) is 30.6 Å². The summed E-state index contributed by atoms with van der Waals surface area (Å²) in [7, 11) is 1.78. The Kier molecular flexibility index (Phi) is 5.96. The molecule has 4 heterocycles. The molecule has 1 aliphatic heterocycles. The number of hydrogen-bond donors (Lipinski definition) is 3. The minimum Gasteiger partial charge on any atom is -0.450 e. The predicted octanol–water partition coefficient (Wildman–Crippen LogP) is 4.26. The first-order chi connectivity index (χ1) is 18.5. The van der Waals surface area contributed by atoms with E-state index in [9.17, 15) is 10.1 Å². The highest BCUT2D eigenvalue weighted by atomic mass is 35.5. The second-order valence-electron chi connectivity index (χ2n) is 9.62. The first-order valence-corrected chi connectivity index (χ1v) is 12.7. The third kappa shape index (κ3) is 4.22. The number of rotatable bonds is 7. The standard InChI is InChI=1S/C26H24ClN9O2/c1-35-23-22(27)21(38-20(10-29)19-11-30-4-5-31-19)12-32-24(23)34-26(35)33-18-8-16(15-2-3-15)13-36(25(18)37)17-6-14(7-17)9-28/h4-5,8,10-15,17,29,31H,2-3,6-7H2,1H3,(H,32,33,34)/b20-19+,29-10?/t14-,17-. The van der Waals surface area contributed by atoms with Crippen molar-refractivity contribution in [3.05, 3.63) is 63.3 Å². The first kappa shape index (κ1) is 23.9. The zero-order chi connectivity index (χ0) is 26.4. The van der Waals surface area contributed by atoms with Gasteiger partial charge in [-0.3, -0.25) is 9.79 Å². The Bertz CT molecular complexity index is 1650. The number of nitriles is 1. The largest absolute Gasteiger partial charge is 0.450 e. The second kappa shape index (κ2) is 9.46. The first-order valence-electron chi connectivity index (χ1n) is 12.3. The number of aromatic nitrogens is 4. The number of aliphatic imine (C=N–C) groups is 1. The lowest BCUT2D eigenvalue weighted by molar-refractivity contribution is 0.243. The quantitative estimate of drug-likeness (QED) is 0.306. The lowest BCUT2D eigenvalue weighted by atomic mass is 9.81. The maximum atomic E-state index is 13.4. The van der Waals surface area contributed by atoms with Crippen LogP contribution in [0, 0.1) is 22.7 Å². The van der Waals surface area contributed by atoms with E-state index in [0.29, 0.717) is 47.3 Å². The van der Waals surface area contributed by atoms with Gasteiger partial charge in [0.25, 0.3) is 5.56 Å². The van der Waals surface area contributed by atoms with Crippen LogP contribution in [0.1, 0.15) is 43.2 Å². The molecule has 3 N–H and O–H groups in total. The fraction of sp³-hybridized carbons (Fsp3) is 0.308. The number of fused-ring (bicyclic) bond motifs is 1. The molecule has 11 nitrogen and oxygen atoms in total. The Morgan fingerprint density at radius 1 is 1.39 bits per heavy atom. The Labute approximate surface area is 222 Å². The third-order valence-electron chi connectivity index (χ3n) is 7.07. The number of anilines is 2. The van der Waals surface area contributed by atoms with Gasteiger partial charge in [0, 0.05) is 31.7 Å². The summed E-state index contributed by atoms with van der Waals surface area (Å²) >= 11 is 6.72. The summed E-state index contributed by atoms with van der Waals surface area (Å²) in [6.07, 6.45) is 12.8. The third-order valence-corrected chi connectivity index (χ3v) is 7.44. The van der Waals surface area contributed by atoms with E-state index in [1.54, 1.807) is 34.8 Å². The van der Waals surface area contributed by atoms with Crippen LogP contribution >= 0.6 is 11.6 Å². The van der Waals surface area contributed by atoms with Gasteiger partial charge in [-0.25, -0.2) is 4.98 Å². The van der Waals surface area contributed by atoms with Crippen LogP contribution in [0.2, 0.25) is 5.02 Å². The van der Waals surface area contributed by atoms with Gasteiger partial charge in [0.15, 0.2) is 17.2 Å². The van der Waals surface area contributed by atoms with Crippen molar-refractivity contribution < 1.29 is 4.74 Å². The minimum atomic E-state index is -0.149. The van der Waals surface area contributed by atoms with Crippen LogP contribution in [0.4, 0.5) is 11.6 Å². The predicted molar refractivity (Wildman–Crippen MR) is 144 cm³/mol. The van der Waals surface area contributed by atoms with Crippen molar-refractivity contribution in [1.82, 2.24) is 24.4 Å². The normalized spacial score (nSPS) is 21.4. The smallest absolute Gasteiger partial charge is 0.274 e. The molecule has 3 aromatic rings. The van der Waals surface area contributed by atoms with E-state index in [-0.39, 0.29) is 34.1 Å². The average molecular weight is 530 g/mol. The summed E-state index contributed by atoms with van der Waals surface area (Å²) < 4.78 is 9.38. The molecule has 2 aliphatic carbocycles. The van der Waals surface area contributed by atoms with Gasteiger partial charge in [-0.15, -0.1) is 0 Å². The van der Waals surface area contributed by atoms with Crippen molar-refractivity contribution in [2.24, 2.45) is 18.0 Å².